The molecule has 0 bridgehead atoms. The Morgan fingerprint density at radius 3 is 2.00 bits per heavy atom. The first-order valence-electron chi connectivity index (χ1n) is 7.66. The molecule has 1 aliphatic carbocycles. The molecule has 1 aliphatic rings. The molecule has 0 radical (unpaired) electrons. The molecule has 2 aromatic carbocycles. The minimum atomic E-state index is -1.10. The van der Waals surface area contributed by atoms with E-state index in [9.17, 15) is 14.7 Å². The quantitative estimate of drug-likeness (QED) is 0.937. The number of benzene rings is 2. The normalized spacial score (nSPS) is 15.4. The van der Waals surface area contributed by atoms with Crippen LogP contribution in [0, 0.1) is 0 Å². The van der Waals surface area contributed by atoms with E-state index in [0.717, 1.165) is 5.56 Å². The molecule has 23 heavy (non-hydrogen) atoms. The zero-order chi connectivity index (χ0) is 16.6. The van der Waals surface area contributed by atoms with Crippen LogP contribution in [0.3, 0.4) is 0 Å². The summed E-state index contributed by atoms with van der Waals surface area (Å²) >= 11 is 0. The Hall–Kier alpha value is -2.52. The van der Waals surface area contributed by atoms with Gasteiger partial charge in [0.2, 0.25) is 0 Å². The number of Topliss-reactive ketones (excluding diaryl/α,β-unsaturated/α-hetero) is 1. The van der Waals surface area contributed by atoms with Gasteiger partial charge in [-0.25, -0.2) is 0 Å². The molecule has 116 valence electrons. The van der Waals surface area contributed by atoms with E-state index in [2.05, 4.69) is 13.8 Å². The van der Waals surface area contributed by atoms with E-state index in [1.165, 1.54) is 6.08 Å². The number of carbonyl (C=O) groups is 2. The van der Waals surface area contributed by atoms with E-state index >= 15 is 0 Å². The molecule has 0 heterocycles. The zero-order valence-corrected chi connectivity index (χ0v) is 13.1. The topological polar surface area (TPSA) is 54.4 Å². The summed E-state index contributed by atoms with van der Waals surface area (Å²) in [6.45, 7) is 4.18. The molecule has 0 aromatic heterocycles. The highest BCUT2D eigenvalue weighted by Gasteiger charge is 2.29. The molecule has 3 heteroatoms. The molecule has 0 spiro atoms. The second kappa shape index (κ2) is 5.94. The molecule has 0 saturated heterocycles. The maximum absolute atomic E-state index is 12.6. The Balaban J connectivity index is 1.95. The zero-order valence-electron chi connectivity index (χ0n) is 13.1. The highest BCUT2D eigenvalue weighted by molar-refractivity contribution is 6.24. The Morgan fingerprint density at radius 2 is 1.39 bits per heavy atom. The summed E-state index contributed by atoms with van der Waals surface area (Å²) < 4.78 is 0. The van der Waals surface area contributed by atoms with Gasteiger partial charge in [0.25, 0.3) is 0 Å². The average Bonchev–Trinajstić information content (AvgIpc) is 2.57. The fraction of sp³-hybridized carbons (Fsp3) is 0.200. The Morgan fingerprint density at radius 1 is 0.826 bits per heavy atom. The second-order valence-corrected chi connectivity index (χ2v) is 6.06. The van der Waals surface area contributed by atoms with Gasteiger partial charge in [0, 0.05) is 16.7 Å². The predicted molar refractivity (Wildman–Crippen MR) is 88.7 cm³/mol. The van der Waals surface area contributed by atoms with E-state index < -0.39 is 6.10 Å². The summed E-state index contributed by atoms with van der Waals surface area (Å²) in [5.74, 6) is -0.140. The number of aliphatic hydroxyl groups excluding tert-OH is 1. The van der Waals surface area contributed by atoms with Crippen LogP contribution >= 0.6 is 0 Å². The fourth-order valence-corrected chi connectivity index (χ4v) is 2.78. The number of hydrogen-bond donors (Lipinski definition) is 1. The molecule has 0 saturated carbocycles. The van der Waals surface area contributed by atoms with Crippen molar-refractivity contribution in [1.82, 2.24) is 0 Å². The van der Waals surface area contributed by atoms with Gasteiger partial charge in [-0.15, -0.1) is 0 Å². The van der Waals surface area contributed by atoms with Gasteiger partial charge in [0.15, 0.2) is 11.6 Å². The first-order chi connectivity index (χ1) is 11.0. The molecule has 0 fully saturated rings. The molecule has 2 aromatic rings. The van der Waals surface area contributed by atoms with Gasteiger partial charge in [0.1, 0.15) is 6.10 Å². The predicted octanol–water partition coefficient (Wildman–Crippen LogP) is 3.85. The molecule has 1 unspecified atom stereocenters. The Labute approximate surface area is 135 Å². The molecule has 3 nitrogen and oxygen atoms in total. The molecule has 1 atom stereocenters. The van der Waals surface area contributed by atoms with Crippen molar-refractivity contribution in [1.29, 1.82) is 0 Å². The van der Waals surface area contributed by atoms with Crippen LogP contribution in [-0.4, -0.2) is 16.7 Å². The third kappa shape index (κ3) is 2.76. The lowest BCUT2D eigenvalue weighted by molar-refractivity contribution is 0.0947. The van der Waals surface area contributed by atoms with Crippen LogP contribution in [0.25, 0.3) is 0 Å². The van der Waals surface area contributed by atoms with Crippen LogP contribution in [-0.2, 0) is 0 Å². The van der Waals surface area contributed by atoms with Crippen LogP contribution in [0.4, 0.5) is 0 Å². The summed E-state index contributed by atoms with van der Waals surface area (Å²) in [4.78, 5) is 24.8. The van der Waals surface area contributed by atoms with Crippen molar-refractivity contribution >= 4 is 11.6 Å². The summed E-state index contributed by atoms with van der Waals surface area (Å²) in [5, 5.41) is 10.5. The van der Waals surface area contributed by atoms with Crippen molar-refractivity contribution in [2.75, 3.05) is 0 Å². The minimum Gasteiger partial charge on any atom is -0.384 e. The first-order valence-corrected chi connectivity index (χ1v) is 7.66. The van der Waals surface area contributed by atoms with E-state index in [4.69, 9.17) is 0 Å². The van der Waals surface area contributed by atoms with E-state index in [0.29, 0.717) is 22.6 Å². The van der Waals surface area contributed by atoms with Crippen molar-refractivity contribution in [2.24, 2.45) is 0 Å². The number of fused-ring (bicyclic) bond motifs is 1. The third-order valence-corrected chi connectivity index (χ3v) is 4.20. The van der Waals surface area contributed by atoms with E-state index in [1.807, 2.05) is 12.1 Å². The standard InChI is InChI=1S/C20H18O3/c1-12(2)13-7-9-14(10-8-13)19(22)17-11-18(21)15-5-3-4-6-16(15)20(17)23/h3-12,19,22H,1-2H3. The molecular formula is C20H18O3. The van der Waals surface area contributed by atoms with Gasteiger partial charge < -0.3 is 5.11 Å². The lowest BCUT2D eigenvalue weighted by atomic mass is 9.85. The smallest absolute Gasteiger partial charge is 0.192 e. The summed E-state index contributed by atoms with van der Waals surface area (Å²) in [5.41, 5.74) is 2.65. The molecular weight excluding hydrogens is 288 g/mol. The van der Waals surface area contributed by atoms with Crippen molar-refractivity contribution < 1.29 is 14.7 Å². The highest BCUT2D eigenvalue weighted by Crippen LogP contribution is 2.30. The van der Waals surface area contributed by atoms with Gasteiger partial charge in [-0.05, 0) is 23.1 Å². The highest BCUT2D eigenvalue weighted by atomic mass is 16.3. The number of hydrogen-bond acceptors (Lipinski definition) is 3. The number of rotatable bonds is 3. The Bertz CT molecular complexity index is 798. The van der Waals surface area contributed by atoms with Gasteiger partial charge in [0.05, 0.1) is 0 Å². The SMILES string of the molecule is CC(C)c1ccc(C(O)C2=CC(=O)c3ccccc3C2=O)cc1. The number of aliphatic hydroxyl groups is 1. The molecule has 3 rings (SSSR count). The first kappa shape index (κ1) is 15.4. The Kier molecular flexibility index (Phi) is 3.97. The lowest BCUT2D eigenvalue weighted by Gasteiger charge is -2.20. The largest absolute Gasteiger partial charge is 0.384 e. The lowest BCUT2D eigenvalue weighted by Crippen LogP contribution is -2.21. The summed E-state index contributed by atoms with van der Waals surface area (Å²) in [6.07, 6.45) is 0.159. The molecule has 1 N–H and O–H groups in total. The van der Waals surface area contributed by atoms with Gasteiger partial charge in [-0.2, -0.15) is 0 Å². The minimum absolute atomic E-state index is 0.131. The average molecular weight is 306 g/mol. The van der Waals surface area contributed by atoms with Gasteiger partial charge in [-0.1, -0.05) is 62.4 Å². The van der Waals surface area contributed by atoms with Gasteiger partial charge in [-0.3, -0.25) is 9.59 Å². The maximum atomic E-state index is 12.6. The van der Waals surface area contributed by atoms with Crippen molar-refractivity contribution in [3.05, 3.63) is 82.4 Å². The van der Waals surface area contributed by atoms with Crippen LogP contribution in [0.1, 0.15) is 57.7 Å². The maximum Gasteiger partial charge on any atom is 0.192 e. The number of ketones is 2. The van der Waals surface area contributed by atoms with Crippen LogP contribution < -0.4 is 0 Å². The number of allylic oxidation sites excluding steroid dienone is 1. The number of carbonyl (C=O) groups excluding carboxylic acids is 2. The second-order valence-electron chi connectivity index (χ2n) is 6.06. The van der Waals surface area contributed by atoms with Crippen LogP contribution in [0.15, 0.2) is 60.2 Å². The van der Waals surface area contributed by atoms with Gasteiger partial charge >= 0.3 is 0 Å². The monoisotopic (exact) mass is 306 g/mol. The third-order valence-electron chi connectivity index (χ3n) is 4.20. The van der Waals surface area contributed by atoms with Crippen molar-refractivity contribution in [3.8, 4) is 0 Å². The molecule has 0 amide bonds. The van der Waals surface area contributed by atoms with Crippen molar-refractivity contribution in [2.45, 2.75) is 25.9 Å². The van der Waals surface area contributed by atoms with Crippen molar-refractivity contribution in [3.63, 3.8) is 0 Å². The van der Waals surface area contributed by atoms with E-state index in [-0.39, 0.29) is 17.1 Å². The van der Waals surface area contributed by atoms with Crippen LogP contribution in [0.5, 0.6) is 0 Å². The van der Waals surface area contributed by atoms with Crippen LogP contribution in [0.2, 0.25) is 0 Å². The summed E-state index contributed by atoms with van der Waals surface area (Å²) in [7, 11) is 0. The fourth-order valence-electron chi connectivity index (χ4n) is 2.78. The molecule has 0 aliphatic heterocycles. The van der Waals surface area contributed by atoms with E-state index in [1.54, 1.807) is 36.4 Å². The summed E-state index contributed by atoms with van der Waals surface area (Å²) in [6, 6.07) is 14.2.